The van der Waals surface area contributed by atoms with Crippen LogP contribution in [-0.4, -0.2) is 85.8 Å². The summed E-state index contributed by atoms with van der Waals surface area (Å²) in [6.07, 6.45) is 3.81. The lowest BCUT2D eigenvalue weighted by Crippen LogP contribution is -2.46. The standard InChI is InChI=1S/C31H46FN3O7/c1-31(2,3)42-30(39)34-16-12-22(13-17-34)10-11-27(36)35-15-6-8-24(21-35)29(38)33-26(20-28(37)40-4)23-7-5-9-25(19-23)41-18-14-32/h5,7,9,19,22,24,26H,6,8,10-18,20-21H2,1-4H3,(H,33,38)/t24-,26+/m1/s1. The molecule has 3 amide bonds. The number of amides is 3. The molecule has 0 radical (unpaired) electrons. The zero-order valence-electron chi connectivity index (χ0n) is 25.4. The lowest BCUT2D eigenvalue weighted by atomic mass is 9.91. The number of methoxy groups -OCH3 is 1. The molecule has 1 aromatic rings. The maximum atomic E-state index is 13.3. The summed E-state index contributed by atoms with van der Waals surface area (Å²) in [5, 5.41) is 2.97. The van der Waals surface area contributed by atoms with Crippen molar-refractivity contribution in [3.63, 3.8) is 0 Å². The molecular weight excluding hydrogens is 545 g/mol. The van der Waals surface area contributed by atoms with E-state index in [0.29, 0.717) is 62.7 Å². The van der Waals surface area contributed by atoms with Crippen molar-refractivity contribution in [3.05, 3.63) is 29.8 Å². The first-order valence-electron chi connectivity index (χ1n) is 14.9. The van der Waals surface area contributed by atoms with Crippen molar-refractivity contribution < 1.29 is 37.8 Å². The molecule has 2 aliphatic heterocycles. The largest absolute Gasteiger partial charge is 0.491 e. The minimum absolute atomic E-state index is 0.0332. The Bertz CT molecular complexity index is 1070. The van der Waals surface area contributed by atoms with Gasteiger partial charge in [-0.1, -0.05) is 12.1 Å². The normalized spacial score (nSPS) is 18.6. The average Bonchev–Trinajstić information content (AvgIpc) is 2.97. The summed E-state index contributed by atoms with van der Waals surface area (Å²) in [5.41, 5.74) is 0.120. The summed E-state index contributed by atoms with van der Waals surface area (Å²) in [6, 6.07) is 6.20. The highest BCUT2D eigenvalue weighted by atomic mass is 19.1. The number of nitrogens with zero attached hydrogens (tertiary/aromatic N) is 2. The highest BCUT2D eigenvalue weighted by molar-refractivity contribution is 5.82. The highest BCUT2D eigenvalue weighted by Crippen LogP contribution is 2.27. The summed E-state index contributed by atoms with van der Waals surface area (Å²) in [4.78, 5) is 54.4. The Hall–Kier alpha value is -3.37. The van der Waals surface area contributed by atoms with E-state index in [0.717, 1.165) is 19.3 Å². The number of esters is 1. The summed E-state index contributed by atoms with van der Waals surface area (Å²) in [5.74, 6) is -0.269. The molecule has 2 saturated heterocycles. The topological polar surface area (TPSA) is 114 Å². The van der Waals surface area contributed by atoms with E-state index in [1.54, 1.807) is 34.1 Å². The number of carbonyl (C=O) groups is 4. The van der Waals surface area contributed by atoms with Gasteiger partial charge in [0.25, 0.3) is 0 Å². The number of likely N-dealkylation sites (tertiary alicyclic amines) is 2. The SMILES string of the molecule is COC(=O)C[C@H](NC(=O)[C@@H]1CCCN(C(=O)CCC2CCN(C(=O)OC(C)(C)C)CC2)C1)c1cccc(OCCF)c1. The second kappa shape index (κ2) is 15.7. The van der Waals surface area contributed by atoms with Gasteiger partial charge in [0.05, 0.1) is 25.5 Å². The molecule has 1 aromatic carbocycles. The molecule has 1 N–H and O–H groups in total. The van der Waals surface area contributed by atoms with Gasteiger partial charge in [-0.2, -0.15) is 0 Å². The van der Waals surface area contributed by atoms with E-state index in [-0.39, 0.29) is 30.9 Å². The van der Waals surface area contributed by atoms with E-state index in [1.807, 2.05) is 20.8 Å². The Labute approximate surface area is 248 Å². The first kappa shape index (κ1) is 33.1. The van der Waals surface area contributed by atoms with E-state index >= 15 is 0 Å². The minimum Gasteiger partial charge on any atom is -0.491 e. The molecule has 0 unspecified atom stereocenters. The third-order valence-corrected chi connectivity index (χ3v) is 7.70. The fourth-order valence-corrected chi connectivity index (χ4v) is 5.40. The predicted octanol–water partition coefficient (Wildman–Crippen LogP) is 4.42. The summed E-state index contributed by atoms with van der Waals surface area (Å²) in [6.45, 7) is 7.02. The Balaban J connectivity index is 1.51. The molecule has 0 aromatic heterocycles. The summed E-state index contributed by atoms with van der Waals surface area (Å²) in [7, 11) is 1.29. The first-order valence-corrected chi connectivity index (χ1v) is 14.9. The predicted molar refractivity (Wildman–Crippen MR) is 154 cm³/mol. The zero-order chi connectivity index (χ0) is 30.7. The molecule has 0 bridgehead atoms. The van der Waals surface area contributed by atoms with Crippen molar-refractivity contribution in [2.75, 3.05) is 46.6 Å². The molecule has 10 nitrogen and oxygen atoms in total. The molecule has 0 spiro atoms. The first-order chi connectivity index (χ1) is 20.0. The van der Waals surface area contributed by atoms with Crippen LogP contribution in [0.2, 0.25) is 0 Å². The molecule has 2 aliphatic rings. The molecule has 42 heavy (non-hydrogen) atoms. The maximum absolute atomic E-state index is 13.3. The van der Waals surface area contributed by atoms with Crippen LogP contribution in [0.5, 0.6) is 5.75 Å². The van der Waals surface area contributed by atoms with E-state index in [1.165, 1.54) is 7.11 Å². The van der Waals surface area contributed by atoms with Gasteiger partial charge in [0.1, 0.15) is 24.6 Å². The van der Waals surface area contributed by atoms with Gasteiger partial charge < -0.3 is 29.3 Å². The number of alkyl halides is 1. The monoisotopic (exact) mass is 591 g/mol. The zero-order valence-corrected chi connectivity index (χ0v) is 25.4. The lowest BCUT2D eigenvalue weighted by molar-refractivity contribution is -0.141. The molecule has 11 heteroatoms. The van der Waals surface area contributed by atoms with Gasteiger partial charge in [-0.3, -0.25) is 14.4 Å². The smallest absolute Gasteiger partial charge is 0.410 e. The second-order valence-electron chi connectivity index (χ2n) is 12.1. The van der Waals surface area contributed by atoms with Crippen LogP contribution in [0.4, 0.5) is 9.18 Å². The molecule has 0 saturated carbocycles. The number of halogens is 1. The van der Waals surface area contributed by atoms with Crippen molar-refractivity contribution in [1.82, 2.24) is 15.1 Å². The highest BCUT2D eigenvalue weighted by Gasteiger charge is 2.32. The fourth-order valence-electron chi connectivity index (χ4n) is 5.40. The maximum Gasteiger partial charge on any atom is 0.410 e. The number of piperidine rings is 2. The van der Waals surface area contributed by atoms with E-state index in [2.05, 4.69) is 5.32 Å². The van der Waals surface area contributed by atoms with Crippen molar-refractivity contribution in [2.24, 2.45) is 11.8 Å². The minimum atomic E-state index is -0.656. The molecule has 234 valence electrons. The molecule has 2 fully saturated rings. The van der Waals surface area contributed by atoms with Crippen LogP contribution in [0.1, 0.15) is 77.3 Å². The van der Waals surface area contributed by atoms with Gasteiger partial charge in [-0.15, -0.1) is 0 Å². The van der Waals surface area contributed by atoms with Crippen molar-refractivity contribution >= 4 is 23.9 Å². The summed E-state index contributed by atoms with van der Waals surface area (Å²) >= 11 is 0. The van der Waals surface area contributed by atoms with Gasteiger partial charge >= 0.3 is 12.1 Å². The van der Waals surface area contributed by atoms with Crippen LogP contribution >= 0.6 is 0 Å². The molecule has 2 atom stereocenters. The van der Waals surface area contributed by atoms with Crippen LogP contribution < -0.4 is 10.1 Å². The van der Waals surface area contributed by atoms with Crippen molar-refractivity contribution in [2.45, 2.75) is 77.4 Å². The van der Waals surface area contributed by atoms with Gasteiger partial charge in [-0.25, -0.2) is 9.18 Å². The molecular formula is C31H46FN3O7. The average molecular weight is 592 g/mol. The summed E-state index contributed by atoms with van der Waals surface area (Å²) < 4.78 is 28.2. The number of carbonyl (C=O) groups excluding carboxylic acids is 4. The van der Waals surface area contributed by atoms with E-state index in [4.69, 9.17) is 14.2 Å². The van der Waals surface area contributed by atoms with Gasteiger partial charge in [0.15, 0.2) is 0 Å². The molecule has 3 rings (SSSR count). The number of benzene rings is 1. The lowest BCUT2D eigenvalue weighted by Gasteiger charge is -2.35. The quantitative estimate of drug-likeness (QED) is 0.379. The van der Waals surface area contributed by atoms with E-state index in [9.17, 15) is 23.6 Å². The Morgan fingerprint density at radius 2 is 1.81 bits per heavy atom. The van der Waals surface area contributed by atoms with Crippen LogP contribution in [0, 0.1) is 11.8 Å². The van der Waals surface area contributed by atoms with Crippen LogP contribution in [0.15, 0.2) is 24.3 Å². The van der Waals surface area contributed by atoms with Crippen LogP contribution in [0.25, 0.3) is 0 Å². The Kier molecular flexibility index (Phi) is 12.4. The number of hydrogen-bond acceptors (Lipinski definition) is 7. The number of nitrogens with one attached hydrogen (secondary N) is 1. The van der Waals surface area contributed by atoms with Crippen molar-refractivity contribution in [1.29, 1.82) is 0 Å². The van der Waals surface area contributed by atoms with Gasteiger partial charge in [0.2, 0.25) is 11.8 Å². The van der Waals surface area contributed by atoms with E-state index < -0.39 is 30.2 Å². The van der Waals surface area contributed by atoms with Gasteiger partial charge in [0, 0.05) is 32.6 Å². The third-order valence-electron chi connectivity index (χ3n) is 7.70. The van der Waals surface area contributed by atoms with Crippen LogP contribution in [0.3, 0.4) is 0 Å². The Morgan fingerprint density at radius 1 is 1.07 bits per heavy atom. The fraction of sp³-hybridized carbons (Fsp3) is 0.677. The Morgan fingerprint density at radius 3 is 2.48 bits per heavy atom. The number of hydrogen-bond donors (Lipinski definition) is 1. The molecule has 2 heterocycles. The van der Waals surface area contributed by atoms with Gasteiger partial charge in [-0.05, 0) is 76.5 Å². The number of rotatable bonds is 11. The van der Waals surface area contributed by atoms with Crippen molar-refractivity contribution in [3.8, 4) is 5.75 Å². The molecule has 0 aliphatic carbocycles. The second-order valence-corrected chi connectivity index (χ2v) is 12.1. The number of ether oxygens (including phenoxy) is 3. The third kappa shape index (κ3) is 10.5. The van der Waals surface area contributed by atoms with Crippen LogP contribution in [-0.2, 0) is 23.9 Å².